The maximum absolute atomic E-state index is 10.8. The second-order valence-electron chi connectivity index (χ2n) is 4.19. The molecular weight excluding hydrogens is 140 g/mol. The molecule has 0 spiro atoms. The number of hydrogen-bond acceptors (Lipinski definition) is 1. The van der Waals surface area contributed by atoms with E-state index in [0.29, 0.717) is 5.92 Å². The molecule has 0 aromatic rings. The molecule has 0 heterocycles. The Labute approximate surface area is 67.6 Å². The van der Waals surface area contributed by atoms with E-state index >= 15 is 0 Å². The number of carboxylic acid groups (broad SMARTS) is 1. The van der Waals surface area contributed by atoms with E-state index in [1.807, 2.05) is 0 Å². The summed E-state index contributed by atoms with van der Waals surface area (Å²) < 4.78 is 0. The lowest BCUT2D eigenvalue weighted by atomic mass is 9.76. The fraction of sp³-hybridized carbons (Fsp3) is 0.889. The van der Waals surface area contributed by atoms with Gasteiger partial charge in [-0.3, -0.25) is 4.79 Å². The monoisotopic (exact) mass is 156 g/mol. The number of aliphatic carboxylic acids is 1. The van der Waals surface area contributed by atoms with Gasteiger partial charge in [0.15, 0.2) is 0 Å². The van der Waals surface area contributed by atoms with Crippen molar-refractivity contribution >= 4 is 5.97 Å². The lowest BCUT2D eigenvalue weighted by Gasteiger charge is -2.28. The van der Waals surface area contributed by atoms with Gasteiger partial charge in [-0.15, -0.1) is 0 Å². The van der Waals surface area contributed by atoms with Crippen LogP contribution in [0.4, 0.5) is 0 Å². The number of rotatable bonds is 1. The molecule has 0 saturated heterocycles. The number of carboxylic acids is 1. The van der Waals surface area contributed by atoms with Crippen LogP contribution in [0.15, 0.2) is 0 Å². The highest BCUT2D eigenvalue weighted by molar-refractivity contribution is 5.71. The third-order valence-electron chi connectivity index (χ3n) is 3.35. The van der Waals surface area contributed by atoms with E-state index in [1.54, 1.807) is 0 Å². The smallest absolute Gasteiger partial charge is 0.307 e. The summed E-state index contributed by atoms with van der Waals surface area (Å²) in [5.74, 6) is -0.208. The van der Waals surface area contributed by atoms with Crippen molar-refractivity contribution in [2.45, 2.75) is 33.6 Å². The largest absolute Gasteiger partial charge is 0.481 e. The summed E-state index contributed by atoms with van der Waals surface area (Å²) >= 11 is 0. The molecule has 1 saturated carbocycles. The van der Waals surface area contributed by atoms with E-state index in [9.17, 15) is 4.79 Å². The van der Waals surface area contributed by atoms with Gasteiger partial charge in [0, 0.05) is 0 Å². The van der Waals surface area contributed by atoms with E-state index in [1.165, 1.54) is 0 Å². The van der Waals surface area contributed by atoms with Gasteiger partial charge >= 0.3 is 5.97 Å². The standard InChI is InChI=1S/C9H16O2/c1-6-4-5-7(8(10)11)9(6,2)3/h6-7H,4-5H2,1-3H3,(H,10,11)/t6-,7+/m0/s1. The molecule has 0 bridgehead atoms. The topological polar surface area (TPSA) is 37.3 Å². The summed E-state index contributed by atoms with van der Waals surface area (Å²) in [6.45, 7) is 6.26. The van der Waals surface area contributed by atoms with Gasteiger partial charge in [0.2, 0.25) is 0 Å². The van der Waals surface area contributed by atoms with Crippen molar-refractivity contribution in [3.63, 3.8) is 0 Å². The van der Waals surface area contributed by atoms with Crippen LogP contribution in [0, 0.1) is 17.3 Å². The first kappa shape index (κ1) is 8.57. The molecule has 1 aliphatic rings. The molecular formula is C9H16O2. The molecule has 2 heteroatoms. The highest BCUT2D eigenvalue weighted by Crippen LogP contribution is 2.46. The summed E-state index contributed by atoms with van der Waals surface area (Å²) in [6, 6.07) is 0. The molecule has 0 aromatic carbocycles. The second kappa shape index (κ2) is 2.50. The lowest BCUT2D eigenvalue weighted by molar-refractivity contribution is -0.145. The Hall–Kier alpha value is -0.530. The fourth-order valence-electron chi connectivity index (χ4n) is 1.95. The predicted octanol–water partition coefficient (Wildman–Crippen LogP) is 2.14. The SMILES string of the molecule is C[C@H]1CC[C@H](C(=O)O)C1(C)C. The minimum absolute atomic E-state index is 0.00810. The first-order valence-electron chi connectivity index (χ1n) is 4.19. The summed E-state index contributed by atoms with van der Waals surface area (Å²) in [4.78, 5) is 10.8. The molecule has 0 amide bonds. The maximum Gasteiger partial charge on any atom is 0.307 e. The van der Waals surface area contributed by atoms with Crippen LogP contribution >= 0.6 is 0 Å². The molecule has 1 rings (SSSR count). The lowest BCUT2D eigenvalue weighted by Crippen LogP contribution is -2.29. The van der Waals surface area contributed by atoms with Crippen molar-refractivity contribution in [1.29, 1.82) is 0 Å². The molecule has 0 aliphatic heterocycles. The molecule has 0 aromatic heterocycles. The average Bonchev–Trinajstić information content (AvgIpc) is 2.08. The van der Waals surface area contributed by atoms with Crippen LogP contribution in [0.1, 0.15) is 33.6 Å². The molecule has 1 aliphatic carbocycles. The molecule has 0 unspecified atom stereocenters. The van der Waals surface area contributed by atoms with Gasteiger partial charge in [0.05, 0.1) is 5.92 Å². The Bertz CT molecular complexity index is 172. The van der Waals surface area contributed by atoms with Gasteiger partial charge in [-0.25, -0.2) is 0 Å². The van der Waals surface area contributed by atoms with Gasteiger partial charge in [-0.1, -0.05) is 20.8 Å². The highest BCUT2D eigenvalue weighted by Gasteiger charge is 2.44. The highest BCUT2D eigenvalue weighted by atomic mass is 16.4. The molecule has 11 heavy (non-hydrogen) atoms. The van der Waals surface area contributed by atoms with Crippen LogP contribution in [-0.2, 0) is 4.79 Å². The molecule has 2 nitrogen and oxygen atoms in total. The number of hydrogen-bond donors (Lipinski definition) is 1. The molecule has 1 fully saturated rings. The fourth-order valence-corrected chi connectivity index (χ4v) is 1.95. The Balaban J connectivity index is 2.78. The Morgan fingerprint density at radius 2 is 2.00 bits per heavy atom. The minimum Gasteiger partial charge on any atom is -0.481 e. The third kappa shape index (κ3) is 1.26. The van der Waals surface area contributed by atoms with Crippen LogP contribution in [0.2, 0.25) is 0 Å². The summed E-state index contributed by atoms with van der Waals surface area (Å²) in [7, 11) is 0. The summed E-state index contributed by atoms with van der Waals surface area (Å²) in [5.41, 5.74) is -0.00810. The van der Waals surface area contributed by atoms with Crippen LogP contribution in [0.3, 0.4) is 0 Å². The van der Waals surface area contributed by atoms with E-state index < -0.39 is 5.97 Å². The normalized spacial score (nSPS) is 35.5. The van der Waals surface area contributed by atoms with Gasteiger partial charge < -0.3 is 5.11 Å². The molecule has 0 radical (unpaired) electrons. The van der Waals surface area contributed by atoms with E-state index in [0.717, 1.165) is 12.8 Å². The van der Waals surface area contributed by atoms with Crippen LogP contribution < -0.4 is 0 Å². The Morgan fingerprint density at radius 1 is 1.45 bits per heavy atom. The van der Waals surface area contributed by atoms with Crippen molar-refractivity contribution < 1.29 is 9.90 Å². The zero-order chi connectivity index (χ0) is 8.65. The Morgan fingerprint density at radius 3 is 2.18 bits per heavy atom. The van der Waals surface area contributed by atoms with Gasteiger partial charge in [-0.2, -0.15) is 0 Å². The predicted molar refractivity (Wildman–Crippen MR) is 43.3 cm³/mol. The first-order chi connectivity index (χ1) is 4.96. The van der Waals surface area contributed by atoms with Crippen LogP contribution in [-0.4, -0.2) is 11.1 Å². The minimum atomic E-state index is -0.626. The van der Waals surface area contributed by atoms with E-state index in [-0.39, 0.29) is 11.3 Å². The van der Waals surface area contributed by atoms with Gasteiger partial charge in [0.25, 0.3) is 0 Å². The van der Waals surface area contributed by atoms with Crippen LogP contribution in [0.25, 0.3) is 0 Å². The van der Waals surface area contributed by atoms with Crippen molar-refractivity contribution in [1.82, 2.24) is 0 Å². The van der Waals surface area contributed by atoms with Crippen molar-refractivity contribution in [2.75, 3.05) is 0 Å². The average molecular weight is 156 g/mol. The van der Waals surface area contributed by atoms with E-state index in [2.05, 4.69) is 20.8 Å². The van der Waals surface area contributed by atoms with Crippen molar-refractivity contribution in [3.8, 4) is 0 Å². The van der Waals surface area contributed by atoms with Crippen LogP contribution in [0.5, 0.6) is 0 Å². The van der Waals surface area contributed by atoms with Crippen molar-refractivity contribution in [2.24, 2.45) is 17.3 Å². The number of carbonyl (C=O) groups is 1. The van der Waals surface area contributed by atoms with Gasteiger partial charge in [-0.05, 0) is 24.2 Å². The zero-order valence-corrected chi connectivity index (χ0v) is 7.42. The summed E-state index contributed by atoms with van der Waals surface area (Å²) in [5, 5.41) is 8.87. The first-order valence-corrected chi connectivity index (χ1v) is 4.19. The maximum atomic E-state index is 10.8. The molecule has 64 valence electrons. The molecule has 2 atom stereocenters. The summed E-state index contributed by atoms with van der Waals surface area (Å²) in [6.07, 6.45) is 1.91. The van der Waals surface area contributed by atoms with Gasteiger partial charge in [0.1, 0.15) is 0 Å². The van der Waals surface area contributed by atoms with E-state index in [4.69, 9.17) is 5.11 Å². The Kier molecular flexibility index (Phi) is 1.95. The second-order valence-corrected chi connectivity index (χ2v) is 4.19. The third-order valence-corrected chi connectivity index (χ3v) is 3.35. The quantitative estimate of drug-likeness (QED) is 0.631. The molecule has 1 N–H and O–H groups in total. The zero-order valence-electron chi connectivity index (χ0n) is 7.42. The van der Waals surface area contributed by atoms with Crippen molar-refractivity contribution in [3.05, 3.63) is 0 Å².